The third-order valence-corrected chi connectivity index (χ3v) is 4.48. The maximum absolute atomic E-state index is 11.3. The first-order valence-electron chi connectivity index (χ1n) is 6.25. The maximum atomic E-state index is 11.3. The number of para-hydroxylation sites is 1. The lowest BCUT2D eigenvalue weighted by atomic mass is 10.1. The Kier molecular flexibility index (Phi) is 4.21. The van der Waals surface area contributed by atoms with Crippen molar-refractivity contribution >= 4 is 44.8 Å². The minimum Gasteiger partial charge on any atom is -0.298 e. The zero-order valence-electron chi connectivity index (χ0n) is 10.8. The Bertz CT molecular complexity index is 796. The quantitative estimate of drug-likeness (QED) is 0.425. The van der Waals surface area contributed by atoms with Gasteiger partial charge in [-0.3, -0.25) is 4.79 Å². The first-order chi connectivity index (χ1) is 10.2. The van der Waals surface area contributed by atoms with Crippen LogP contribution in [0.15, 0.2) is 59.2 Å². The van der Waals surface area contributed by atoms with Crippen LogP contribution in [-0.4, -0.2) is 16.1 Å². The van der Waals surface area contributed by atoms with Gasteiger partial charge in [-0.15, -0.1) is 0 Å². The molecule has 1 heterocycles. The van der Waals surface area contributed by atoms with Crippen LogP contribution in [0.25, 0.3) is 16.9 Å². The van der Waals surface area contributed by atoms with E-state index in [2.05, 4.69) is 43.6 Å². The molecule has 1 aromatic heterocycles. The first kappa shape index (κ1) is 14.5. The molecule has 2 aromatic carbocycles. The van der Waals surface area contributed by atoms with E-state index in [1.54, 1.807) is 10.9 Å². The van der Waals surface area contributed by atoms with Gasteiger partial charge in [-0.2, -0.15) is 5.10 Å². The van der Waals surface area contributed by atoms with Crippen molar-refractivity contribution in [1.29, 1.82) is 0 Å². The lowest BCUT2D eigenvalue weighted by Gasteiger charge is -2.03. The fourth-order valence-corrected chi connectivity index (χ4v) is 2.89. The summed E-state index contributed by atoms with van der Waals surface area (Å²) in [5.74, 6) is 0. The van der Waals surface area contributed by atoms with Gasteiger partial charge in [-0.1, -0.05) is 24.3 Å². The number of carbonyl (C=O) groups excluding carboxylic acids is 1. The van der Waals surface area contributed by atoms with Gasteiger partial charge in [0.05, 0.1) is 11.3 Å². The number of aldehydes is 1. The SMILES string of the molecule is O=Cc1cn(-c2ccccc2Br)nc1-c1ccc(I)cc1. The Hall–Kier alpha value is -1.47. The van der Waals surface area contributed by atoms with Crippen LogP contribution in [0.2, 0.25) is 0 Å². The molecule has 0 aliphatic rings. The molecule has 0 amide bonds. The predicted molar refractivity (Wildman–Crippen MR) is 94.8 cm³/mol. The van der Waals surface area contributed by atoms with E-state index in [1.807, 2.05) is 48.5 Å². The highest BCUT2D eigenvalue weighted by Gasteiger charge is 2.12. The lowest BCUT2D eigenvalue weighted by Crippen LogP contribution is -1.95. The molecule has 5 heteroatoms. The van der Waals surface area contributed by atoms with E-state index in [9.17, 15) is 4.79 Å². The van der Waals surface area contributed by atoms with Crippen LogP contribution in [0.4, 0.5) is 0 Å². The Morgan fingerprint density at radius 1 is 1.10 bits per heavy atom. The number of carbonyl (C=O) groups is 1. The minimum atomic E-state index is 0.576. The normalized spacial score (nSPS) is 10.6. The zero-order chi connectivity index (χ0) is 14.8. The topological polar surface area (TPSA) is 34.9 Å². The molecule has 0 atom stereocenters. The van der Waals surface area contributed by atoms with Crippen molar-refractivity contribution in [2.24, 2.45) is 0 Å². The number of rotatable bonds is 3. The van der Waals surface area contributed by atoms with Crippen molar-refractivity contribution in [2.75, 3.05) is 0 Å². The van der Waals surface area contributed by atoms with Crippen molar-refractivity contribution in [3.05, 3.63) is 68.3 Å². The molecule has 0 N–H and O–H groups in total. The molecule has 0 unspecified atom stereocenters. The van der Waals surface area contributed by atoms with Gasteiger partial charge in [0.25, 0.3) is 0 Å². The summed E-state index contributed by atoms with van der Waals surface area (Å²) in [6, 6.07) is 15.7. The minimum absolute atomic E-state index is 0.576. The Labute approximate surface area is 144 Å². The summed E-state index contributed by atoms with van der Waals surface area (Å²) in [6.07, 6.45) is 2.59. The molecule has 21 heavy (non-hydrogen) atoms. The Balaban J connectivity index is 2.13. The van der Waals surface area contributed by atoms with Gasteiger partial charge in [-0.05, 0) is 62.8 Å². The van der Waals surface area contributed by atoms with E-state index in [0.717, 1.165) is 25.6 Å². The van der Waals surface area contributed by atoms with Gasteiger partial charge < -0.3 is 0 Å². The Morgan fingerprint density at radius 2 is 1.81 bits per heavy atom. The lowest BCUT2D eigenvalue weighted by molar-refractivity contribution is 0.112. The van der Waals surface area contributed by atoms with E-state index >= 15 is 0 Å². The standard InChI is InChI=1S/C16H10BrIN2O/c17-14-3-1-2-4-15(14)20-9-12(10-21)16(19-20)11-5-7-13(18)8-6-11/h1-10H. The molecular formula is C16H10BrIN2O. The van der Waals surface area contributed by atoms with Crippen LogP contribution < -0.4 is 0 Å². The number of nitrogens with zero attached hydrogens (tertiary/aromatic N) is 2. The molecule has 0 fully saturated rings. The largest absolute Gasteiger partial charge is 0.298 e. The van der Waals surface area contributed by atoms with Crippen LogP contribution in [0.5, 0.6) is 0 Å². The van der Waals surface area contributed by atoms with Crippen molar-refractivity contribution in [1.82, 2.24) is 9.78 Å². The summed E-state index contributed by atoms with van der Waals surface area (Å²) < 4.78 is 3.80. The highest BCUT2D eigenvalue weighted by Crippen LogP contribution is 2.26. The van der Waals surface area contributed by atoms with E-state index in [1.165, 1.54) is 0 Å². The summed E-state index contributed by atoms with van der Waals surface area (Å²) in [6.45, 7) is 0. The van der Waals surface area contributed by atoms with Gasteiger partial charge in [0.2, 0.25) is 0 Å². The summed E-state index contributed by atoms with van der Waals surface area (Å²) >= 11 is 5.76. The number of aromatic nitrogens is 2. The molecule has 0 aliphatic heterocycles. The second kappa shape index (κ2) is 6.11. The van der Waals surface area contributed by atoms with Gasteiger partial charge in [0.15, 0.2) is 6.29 Å². The van der Waals surface area contributed by atoms with Crippen molar-refractivity contribution in [3.8, 4) is 16.9 Å². The maximum Gasteiger partial charge on any atom is 0.153 e. The van der Waals surface area contributed by atoms with Crippen LogP contribution in [0.1, 0.15) is 10.4 Å². The molecule has 0 bridgehead atoms. The fraction of sp³-hybridized carbons (Fsp3) is 0. The molecule has 0 aliphatic carbocycles. The van der Waals surface area contributed by atoms with E-state index in [4.69, 9.17) is 0 Å². The summed E-state index contributed by atoms with van der Waals surface area (Å²) in [5.41, 5.74) is 3.10. The number of benzene rings is 2. The molecule has 0 radical (unpaired) electrons. The first-order valence-corrected chi connectivity index (χ1v) is 8.12. The third kappa shape index (κ3) is 2.94. The predicted octanol–water partition coefficient (Wildman–Crippen LogP) is 4.72. The average molecular weight is 453 g/mol. The molecule has 3 nitrogen and oxygen atoms in total. The van der Waals surface area contributed by atoms with Crippen LogP contribution in [-0.2, 0) is 0 Å². The second-order valence-electron chi connectivity index (χ2n) is 4.45. The number of hydrogen-bond acceptors (Lipinski definition) is 2. The molecule has 104 valence electrons. The number of hydrogen-bond donors (Lipinski definition) is 0. The Morgan fingerprint density at radius 3 is 2.48 bits per heavy atom. The third-order valence-electron chi connectivity index (χ3n) is 3.09. The molecule has 0 spiro atoms. The van der Waals surface area contributed by atoms with Crippen molar-refractivity contribution in [2.45, 2.75) is 0 Å². The van der Waals surface area contributed by atoms with E-state index < -0.39 is 0 Å². The molecule has 3 aromatic rings. The highest BCUT2D eigenvalue weighted by molar-refractivity contribution is 14.1. The smallest absolute Gasteiger partial charge is 0.153 e. The summed E-state index contributed by atoms with van der Waals surface area (Å²) in [5, 5.41) is 4.56. The van der Waals surface area contributed by atoms with Crippen LogP contribution >= 0.6 is 38.5 Å². The van der Waals surface area contributed by atoms with Crippen LogP contribution in [0.3, 0.4) is 0 Å². The van der Waals surface area contributed by atoms with Gasteiger partial charge in [0, 0.05) is 19.8 Å². The zero-order valence-corrected chi connectivity index (χ0v) is 14.6. The van der Waals surface area contributed by atoms with E-state index in [-0.39, 0.29) is 0 Å². The monoisotopic (exact) mass is 452 g/mol. The van der Waals surface area contributed by atoms with Crippen molar-refractivity contribution < 1.29 is 4.79 Å². The van der Waals surface area contributed by atoms with Gasteiger partial charge >= 0.3 is 0 Å². The molecule has 3 rings (SSSR count). The highest BCUT2D eigenvalue weighted by atomic mass is 127. The second-order valence-corrected chi connectivity index (χ2v) is 6.55. The van der Waals surface area contributed by atoms with E-state index in [0.29, 0.717) is 11.3 Å². The number of halogens is 2. The summed E-state index contributed by atoms with van der Waals surface area (Å²) in [7, 11) is 0. The van der Waals surface area contributed by atoms with Crippen LogP contribution in [0, 0.1) is 3.57 Å². The van der Waals surface area contributed by atoms with Crippen molar-refractivity contribution in [3.63, 3.8) is 0 Å². The van der Waals surface area contributed by atoms with Gasteiger partial charge in [0.1, 0.15) is 5.69 Å². The summed E-state index contributed by atoms with van der Waals surface area (Å²) in [4.78, 5) is 11.3. The fourth-order valence-electron chi connectivity index (χ4n) is 2.07. The molecule has 0 saturated carbocycles. The van der Waals surface area contributed by atoms with Gasteiger partial charge in [-0.25, -0.2) is 4.68 Å². The average Bonchev–Trinajstić information content (AvgIpc) is 2.92. The molecule has 0 saturated heterocycles. The molecular weight excluding hydrogens is 443 g/mol.